The molecule has 1 amide bonds. The van der Waals surface area contributed by atoms with Gasteiger partial charge in [0.25, 0.3) is 5.91 Å². The van der Waals surface area contributed by atoms with E-state index in [0.717, 1.165) is 18.4 Å². The number of carbonyl (C=O) groups is 1. The molecule has 2 heterocycles. The maximum absolute atomic E-state index is 12.8. The largest absolute Gasteiger partial charge is 0.475 e. The third kappa shape index (κ3) is 6.25. The number of carbonyl (C=O) groups excluding carboxylic acids is 1. The van der Waals surface area contributed by atoms with Gasteiger partial charge in [-0.05, 0) is 48.6 Å². The van der Waals surface area contributed by atoms with Gasteiger partial charge in [-0.25, -0.2) is 13.4 Å². The predicted molar refractivity (Wildman–Crippen MR) is 116 cm³/mol. The zero-order chi connectivity index (χ0) is 22.3. The number of ether oxygens (including phenoxy) is 2. The van der Waals surface area contributed by atoms with Crippen LogP contribution in [0, 0.1) is 5.92 Å². The molecule has 0 atom stereocenters. The number of piperidine rings is 1. The summed E-state index contributed by atoms with van der Waals surface area (Å²) in [5.74, 6) is 0.760. The van der Waals surface area contributed by atoms with E-state index in [1.54, 1.807) is 31.5 Å². The van der Waals surface area contributed by atoms with Crippen molar-refractivity contribution in [2.24, 2.45) is 5.92 Å². The number of amides is 1. The van der Waals surface area contributed by atoms with E-state index in [2.05, 4.69) is 17.2 Å². The summed E-state index contributed by atoms with van der Waals surface area (Å²) in [6.45, 7) is 4.42. The summed E-state index contributed by atoms with van der Waals surface area (Å²) in [5.41, 5.74) is 1.23. The minimum absolute atomic E-state index is 0.215. The molecule has 0 spiro atoms. The Balaban J connectivity index is 1.54. The lowest BCUT2D eigenvalue weighted by Crippen LogP contribution is -2.37. The number of pyridine rings is 1. The van der Waals surface area contributed by atoms with Crippen molar-refractivity contribution in [1.29, 1.82) is 0 Å². The third-order valence-electron chi connectivity index (χ3n) is 5.28. The van der Waals surface area contributed by atoms with Crippen LogP contribution in [0.3, 0.4) is 0 Å². The van der Waals surface area contributed by atoms with Gasteiger partial charge in [-0.1, -0.05) is 13.0 Å². The average molecular weight is 448 g/mol. The molecule has 1 aromatic heterocycles. The van der Waals surface area contributed by atoms with Gasteiger partial charge >= 0.3 is 0 Å². The van der Waals surface area contributed by atoms with E-state index in [-0.39, 0.29) is 10.8 Å². The van der Waals surface area contributed by atoms with Crippen molar-refractivity contribution in [2.75, 3.05) is 33.4 Å². The Morgan fingerprint density at radius 3 is 2.45 bits per heavy atom. The number of nitrogens with one attached hydrogen (secondary N) is 1. The van der Waals surface area contributed by atoms with E-state index >= 15 is 0 Å². The summed E-state index contributed by atoms with van der Waals surface area (Å²) in [6.07, 6.45) is 3.38. The molecule has 1 fully saturated rings. The lowest BCUT2D eigenvalue weighted by atomic mass is 10.0. The zero-order valence-corrected chi connectivity index (χ0v) is 18.7. The molecule has 8 nitrogen and oxygen atoms in total. The number of sulfonamides is 1. The van der Waals surface area contributed by atoms with Crippen LogP contribution in [0.1, 0.15) is 35.7 Å². The van der Waals surface area contributed by atoms with E-state index < -0.39 is 10.0 Å². The minimum atomic E-state index is -3.52. The molecule has 1 aliphatic heterocycles. The number of hydrogen-bond donors (Lipinski definition) is 1. The lowest BCUT2D eigenvalue weighted by Gasteiger charge is -2.29. The van der Waals surface area contributed by atoms with Crippen molar-refractivity contribution >= 4 is 15.9 Å². The Morgan fingerprint density at radius 1 is 1.13 bits per heavy atom. The van der Waals surface area contributed by atoms with Gasteiger partial charge in [0, 0.05) is 44.6 Å². The molecule has 9 heteroatoms. The standard InChI is InChI=1S/C22H29N3O5S/c1-17-9-11-25(12-10-17)31(27,28)20-6-4-19(5-7-20)22(26)24-16-18-3-8-21(23-15-18)30-14-13-29-2/h3-8,15,17H,9-14,16H2,1-2H3,(H,24,26). The van der Waals surface area contributed by atoms with Crippen LogP contribution in [0.2, 0.25) is 0 Å². The van der Waals surface area contributed by atoms with Gasteiger partial charge < -0.3 is 14.8 Å². The number of aromatic nitrogens is 1. The Hall–Kier alpha value is -2.49. The Bertz CT molecular complexity index is 954. The van der Waals surface area contributed by atoms with Gasteiger partial charge in [-0.15, -0.1) is 0 Å². The van der Waals surface area contributed by atoms with Crippen LogP contribution in [0.4, 0.5) is 0 Å². The first-order valence-electron chi connectivity index (χ1n) is 10.3. The van der Waals surface area contributed by atoms with E-state index in [0.29, 0.717) is 50.2 Å². The Labute approximate surface area is 183 Å². The topological polar surface area (TPSA) is 97.8 Å². The van der Waals surface area contributed by atoms with Crippen molar-refractivity contribution < 1.29 is 22.7 Å². The minimum Gasteiger partial charge on any atom is -0.475 e. The molecule has 31 heavy (non-hydrogen) atoms. The quantitative estimate of drug-likeness (QED) is 0.593. The van der Waals surface area contributed by atoms with E-state index in [4.69, 9.17) is 9.47 Å². The molecule has 3 rings (SSSR count). The molecular formula is C22H29N3O5S. The van der Waals surface area contributed by atoms with Crippen molar-refractivity contribution in [3.63, 3.8) is 0 Å². The Morgan fingerprint density at radius 2 is 1.84 bits per heavy atom. The van der Waals surface area contributed by atoms with Crippen LogP contribution in [0.15, 0.2) is 47.5 Å². The van der Waals surface area contributed by atoms with Crippen LogP contribution in [-0.4, -0.2) is 57.0 Å². The predicted octanol–water partition coefficient (Wildman–Crippen LogP) is 2.46. The molecule has 1 aromatic carbocycles. The maximum atomic E-state index is 12.8. The molecule has 0 bridgehead atoms. The van der Waals surface area contributed by atoms with Gasteiger partial charge in [-0.2, -0.15) is 4.31 Å². The zero-order valence-electron chi connectivity index (χ0n) is 17.9. The maximum Gasteiger partial charge on any atom is 0.251 e. The lowest BCUT2D eigenvalue weighted by molar-refractivity contribution is 0.0950. The number of nitrogens with zero attached hydrogens (tertiary/aromatic N) is 2. The van der Waals surface area contributed by atoms with Crippen molar-refractivity contribution in [2.45, 2.75) is 31.2 Å². The van der Waals surface area contributed by atoms with E-state index in [9.17, 15) is 13.2 Å². The summed E-state index contributed by atoms with van der Waals surface area (Å²) >= 11 is 0. The second-order valence-corrected chi connectivity index (χ2v) is 9.58. The molecule has 1 N–H and O–H groups in total. The number of rotatable bonds is 9. The molecule has 0 unspecified atom stereocenters. The van der Waals surface area contributed by atoms with Gasteiger partial charge in [0.1, 0.15) is 6.61 Å². The molecule has 0 radical (unpaired) electrons. The fourth-order valence-electron chi connectivity index (χ4n) is 3.27. The third-order valence-corrected chi connectivity index (χ3v) is 7.20. The van der Waals surface area contributed by atoms with Crippen LogP contribution < -0.4 is 10.1 Å². The highest BCUT2D eigenvalue weighted by atomic mass is 32.2. The van der Waals surface area contributed by atoms with Crippen LogP contribution in [0.25, 0.3) is 0 Å². The van der Waals surface area contributed by atoms with Crippen LogP contribution in [-0.2, 0) is 21.3 Å². The first kappa shape index (κ1) is 23.2. The van der Waals surface area contributed by atoms with E-state index in [1.807, 2.05) is 6.07 Å². The highest BCUT2D eigenvalue weighted by Crippen LogP contribution is 2.23. The normalized spacial score (nSPS) is 15.5. The number of hydrogen-bond acceptors (Lipinski definition) is 6. The van der Waals surface area contributed by atoms with E-state index in [1.165, 1.54) is 16.4 Å². The molecule has 2 aromatic rings. The molecule has 0 saturated carbocycles. The SMILES string of the molecule is COCCOc1ccc(CNC(=O)c2ccc(S(=O)(=O)N3CCC(C)CC3)cc2)cn1. The highest BCUT2D eigenvalue weighted by molar-refractivity contribution is 7.89. The van der Waals surface area contributed by atoms with Crippen molar-refractivity contribution in [3.05, 3.63) is 53.7 Å². The van der Waals surface area contributed by atoms with Gasteiger partial charge in [0.05, 0.1) is 11.5 Å². The first-order valence-corrected chi connectivity index (χ1v) is 11.8. The smallest absolute Gasteiger partial charge is 0.251 e. The van der Waals surface area contributed by atoms with Crippen LogP contribution in [0.5, 0.6) is 5.88 Å². The van der Waals surface area contributed by atoms with Crippen molar-refractivity contribution in [3.8, 4) is 5.88 Å². The molecular weight excluding hydrogens is 418 g/mol. The van der Waals surface area contributed by atoms with Crippen LogP contribution >= 0.6 is 0 Å². The summed E-state index contributed by atoms with van der Waals surface area (Å²) < 4.78 is 37.4. The van der Waals surface area contributed by atoms with Gasteiger partial charge in [0.15, 0.2) is 0 Å². The number of benzene rings is 1. The summed E-state index contributed by atoms with van der Waals surface area (Å²) in [6, 6.07) is 9.63. The summed E-state index contributed by atoms with van der Waals surface area (Å²) in [4.78, 5) is 16.8. The fourth-order valence-corrected chi connectivity index (χ4v) is 4.74. The molecule has 0 aliphatic carbocycles. The van der Waals surface area contributed by atoms with Gasteiger partial charge in [0.2, 0.25) is 15.9 Å². The van der Waals surface area contributed by atoms with Gasteiger partial charge in [-0.3, -0.25) is 4.79 Å². The Kier molecular flexibility index (Phi) is 8.00. The molecule has 168 valence electrons. The average Bonchev–Trinajstić information content (AvgIpc) is 2.79. The number of methoxy groups -OCH3 is 1. The second-order valence-electron chi connectivity index (χ2n) is 7.64. The highest BCUT2D eigenvalue weighted by Gasteiger charge is 2.28. The first-order chi connectivity index (χ1) is 14.9. The second kappa shape index (κ2) is 10.7. The molecule has 1 aliphatic rings. The molecule has 1 saturated heterocycles. The monoisotopic (exact) mass is 447 g/mol. The summed E-state index contributed by atoms with van der Waals surface area (Å²) in [7, 11) is -1.92. The van der Waals surface area contributed by atoms with Crippen molar-refractivity contribution in [1.82, 2.24) is 14.6 Å². The summed E-state index contributed by atoms with van der Waals surface area (Å²) in [5, 5.41) is 2.81. The fraction of sp³-hybridized carbons (Fsp3) is 0.455.